The highest BCUT2D eigenvalue weighted by atomic mass is 32.2. The summed E-state index contributed by atoms with van der Waals surface area (Å²) >= 11 is 0. The van der Waals surface area contributed by atoms with Gasteiger partial charge in [0.1, 0.15) is 10.7 Å². The number of para-hydroxylation sites is 1. The molecule has 0 radical (unpaired) electrons. The average molecular weight is 344 g/mol. The summed E-state index contributed by atoms with van der Waals surface area (Å²) in [5.74, 6) is -0.402. The van der Waals surface area contributed by atoms with Gasteiger partial charge in [0.2, 0.25) is 10.0 Å². The van der Waals surface area contributed by atoms with Crippen LogP contribution < -0.4 is 4.72 Å². The molecule has 1 N–H and O–H groups in total. The van der Waals surface area contributed by atoms with Gasteiger partial charge in [-0.05, 0) is 49.2 Å². The fourth-order valence-electron chi connectivity index (χ4n) is 2.60. The normalized spacial score (nSPS) is 13.1. The van der Waals surface area contributed by atoms with Crippen LogP contribution in [0.2, 0.25) is 0 Å². The molecule has 0 saturated carbocycles. The number of nitrogens with one attached hydrogen (secondary N) is 1. The number of fused-ring (bicyclic) bond motifs is 1. The molecule has 0 aliphatic rings. The molecule has 0 unspecified atom stereocenters. The SMILES string of the molecule is Cc1cnc2c(S(=O)(=O)N[C@H](C)c3cccc(F)c3)cccc2c1. The number of halogens is 1. The third-order valence-electron chi connectivity index (χ3n) is 3.78. The maximum Gasteiger partial charge on any atom is 0.243 e. The Morgan fingerprint density at radius 2 is 1.88 bits per heavy atom. The van der Waals surface area contributed by atoms with E-state index in [9.17, 15) is 12.8 Å². The molecule has 6 heteroatoms. The first-order valence-corrected chi connectivity index (χ1v) is 8.98. The van der Waals surface area contributed by atoms with Crippen molar-refractivity contribution in [3.8, 4) is 0 Å². The highest BCUT2D eigenvalue weighted by Crippen LogP contribution is 2.24. The first-order chi connectivity index (χ1) is 11.4. The summed E-state index contributed by atoms with van der Waals surface area (Å²) in [7, 11) is -3.79. The van der Waals surface area contributed by atoms with Gasteiger partial charge in [-0.2, -0.15) is 0 Å². The summed E-state index contributed by atoms with van der Waals surface area (Å²) < 4.78 is 41.4. The predicted molar refractivity (Wildman–Crippen MR) is 91.6 cm³/mol. The van der Waals surface area contributed by atoms with Gasteiger partial charge in [-0.1, -0.05) is 24.3 Å². The minimum Gasteiger partial charge on any atom is -0.255 e. The Hall–Kier alpha value is -2.31. The summed E-state index contributed by atoms with van der Waals surface area (Å²) in [5, 5.41) is 0.760. The second-order valence-corrected chi connectivity index (χ2v) is 7.42. The molecule has 124 valence electrons. The van der Waals surface area contributed by atoms with E-state index in [0.717, 1.165) is 10.9 Å². The van der Waals surface area contributed by atoms with Gasteiger partial charge in [0, 0.05) is 17.6 Å². The van der Waals surface area contributed by atoms with E-state index in [1.165, 1.54) is 18.2 Å². The van der Waals surface area contributed by atoms with E-state index in [1.54, 1.807) is 31.3 Å². The largest absolute Gasteiger partial charge is 0.255 e. The number of rotatable bonds is 4. The van der Waals surface area contributed by atoms with Crippen LogP contribution in [0, 0.1) is 12.7 Å². The Kier molecular flexibility index (Phi) is 4.34. The van der Waals surface area contributed by atoms with Crippen molar-refractivity contribution in [3.63, 3.8) is 0 Å². The van der Waals surface area contributed by atoms with Crippen molar-refractivity contribution in [2.75, 3.05) is 0 Å². The van der Waals surface area contributed by atoms with Crippen LogP contribution in [0.15, 0.2) is 59.6 Å². The van der Waals surface area contributed by atoms with E-state index >= 15 is 0 Å². The monoisotopic (exact) mass is 344 g/mol. The summed E-state index contributed by atoms with van der Waals surface area (Å²) in [6.07, 6.45) is 1.64. The van der Waals surface area contributed by atoms with E-state index in [-0.39, 0.29) is 4.90 Å². The Morgan fingerprint density at radius 3 is 2.62 bits per heavy atom. The first kappa shape index (κ1) is 16.5. The molecule has 1 heterocycles. The van der Waals surface area contributed by atoms with Gasteiger partial charge in [0.05, 0.1) is 5.52 Å². The van der Waals surface area contributed by atoms with E-state index in [4.69, 9.17) is 0 Å². The number of hydrogen-bond acceptors (Lipinski definition) is 3. The van der Waals surface area contributed by atoms with Crippen molar-refractivity contribution in [3.05, 3.63) is 71.7 Å². The van der Waals surface area contributed by atoms with E-state index in [0.29, 0.717) is 11.1 Å². The van der Waals surface area contributed by atoms with E-state index in [2.05, 4.69) is 9.71 Å². The first-order valence-electron chi connectivity index (χ1n) is 7.50. The molecule has 0 aliphatic heterocycles. The molecule has 3 aromatic rings. The molecule has 1 atom stereocenters. The molecule has 2 aromatic carbocycles. The van der Waals surface area contributed by atoms with Crippen LogP contribution in [0.25, 0.3) is 10.9 Å². The molecule has 0 fully saturated rings. The highest BCUT2D eigenvalue weighted by molar-refractivity contribution is 7.89. The van der Waals surface area contributed by atoms with Gasteiger partial charge >= 0.3 is 0 Å². The maximum atomic E-state index is 13.3. The third kappa shape index (κ3) is 3.29. The Balaban J connectivity index is 1.99. The zero-order chi connectivity index (χ0) is 17.3. The Bertz CT molecular complexity index is 1000. The molecule has 0 saturated heterocycles. The summed E-state index contributed by atoms with van der Waals surface area (Å²) in [4.78, 5) is 4.38. The lowest BCUT2D eigenvalue weighted by atomic mass is 10.1. The highest BCUT2D eigenvalue weighted by Gasteiger charge is 2.21. The zero-order valence-corrected chi connectivity index (χ0v) is 14.1. The molecule has 0 bridgehead atoms. The van der Waals surface area contributed by atoms with E-state index < -0.39 is 21.9 Å². The number of nitrogens with zero attached hydrogens (tertiary/aromatic N) is 1. The van der Waals surface area contributed by atoms with Gasteiger partial charge in [-0.25, -0.2) is 17.5 Å². The predicted octanol–water partition coefficient (Wildman–Crippen LogP) is 3.72. The van der Waals surface area contributed by atoms with E-state index in [1.807, 2.05) is 19.1 Å². The topological polar surface area (TPSA) is 59.1 Å². The van der Waals surface area contributed by atoms with Gasteiger partial charge < -0.3 is 0 Å². The summed E-state index contributed by atoms with van der Waals surface area (Å²) in [5.41, 5.74) is 1.93. The summed E-state index contributed by atoms with van der Waals surface area (Å²) in [6, 6.07) is 12.2. The average Bonchev–Trinajstić information content (AvgIpc) is 2.53. The maximum absolute atomic E-state index is 13.3. The molecule has 24 heavy (non-hydrogen) atoms. The minimum absolute atomic E-state index is 0.114. The molecule has 3 rings (SSSR count). The van der Waals surface area contributed by atoms with Crippen molar-refractivity contribution in [1.82, 2.24) is 9.71 Å². The van der Waals surface area contributed by atoms with Gasteiger partial charge in [0.15, 0.2) is 0 Å². The second-order valence-electron chi connectivity index (χ2n) is 5.74. The van der Waals surface area contributed by atoms with Gasteiger partial charge in [-0.15, -0.1) is 0 Å². The van der Waals surface area contributed by atoms with Gasteiger partial charge in [0.25, 0.3) is 0 Å². The fourth-order valence-corrected chi connectivity index (χ4v) is 4.01. The number of sulfonamides is 1. The number of pyridine rings is 1. The lowest BCUT2D eigenvalue weighted by Crippen LogP contribution is -2.27. The van der Waals surface area contributed by atoms with Crippen LogP contribution in [0.5, 0.6) is 0 Å². The second kappa shape index (κ2) is 6.30. The zero-order valence-electron chi connectivity index (χ0n) is 13.3. The molecule has 0 aliphatic carbocycles. The number of hydrogen-bond donors (Lipinski definition) is 1. The van der Waals surface area contributed by atoms with Crippen LogP contribution in [-0.4, -0.2) is 13.4 Å². The van der Waals surface area contributed by atoms with Crippen LogP contribution in [0.3, 0.4) is 0 Å². The molecule has 1 aromatic heterocycles. The van der Waals surface area contributed by atoms with Crippen molar-refractivity contribution < 1.29 is 12.8 Å². The van der Waals surface area contributed by atoms with Crippen molar-refractivity contribution in [1.29, 1.82) is 0 Å². The van der Waals surface area contributed by atoms with Gasteiger partial charge in [-0.3, -0.25) is 4.98 Å². The molecular weight excluding hydrogens is 327 g/mol. The quantitative estimate of drug-likeness (QED) is 0.785. The number of benzene rings is 2. The minimum atomic E-state index is -3.79. The Labute approximate surface area is 140 Å². The molecular formula is C18H17FN2O2S. The molecule has 0 spiro atoms. The number of aryl methyl sites for hydroxylation is 1. The molecule has 4 nitrogen and oxygen atoms in total. The lowest BCUT2D eigenvalue weighted by molar-refractivity contribution is 0.565. The number of aromatic nitrogens is 1. The third-order valence-corrected chi connectivity index (χ3v) is 5.35. The summed E-state index contributed by atoms with van der Waals surface area (Å²) in [6.45, 7) is 3.58. The van der Waals surface area contributed by atoms with Crippen LogP contribution in [0.4, 0.5) is 4.39 Å². The van der Waals surface area contributed by atoms with Crippen molar-refractivity contribution >= 4 is 20.9 Å². The van der Waals surface area contributed by atoms with Crippen LogP contribution in [-0.2, 0) is 10.0 Å². The fraction of sp³-hybridized carbons (Fsp3) is 0.167. The smallest absolute Gasteiger partial charge is 0.243 e. The van der Waals surface area contributed by atoms with Crippen LogP contribution >= 0.6 is 0 Å². The lowest BCUT2D eigenvalue weighted by Gasteiger charge is -2.15. The standard InChI is InChI=1S/C18H17FN2O2S/c1-12-9-15-6-4-8-17(18(15)20-11-12)24(22,23)21-13(2)14-5-3-7-16(19)10-14/h3-11,13,21H,1-2H3/t13-/m1/s1. The Morgan fingerprint density at radius 1 is 1.12 bits per heavy atom. The van der Waals surface area contributed by atoms with Crippen molar-refractivity contribution in [2.24, 2.45) is 0 Å². The van der Waals surface area contributed by atoms with Crippen LogP contribution in [0.1, 0.15) is 24.1 Å². The molecule has 0 amide bonds. The van der Waals surface area contributed by atoms with Crippen molar-refractivity contribution in [2.45, 2.75) is 24.8 Å².